The summed E-state index contributed by atoms with van der Waals surface area (Å²) in [6.45, 7) is -1.92. The number of benzene rings is 5. The maximum Gasteiger partial charge on any atom is 0 e. The van der Waals surface area contributed by atoms with E-state index >= 15 is 0 Å². The van der Waals surface area contributed by atoms with Gasteiger partial charge in [-0.2, -0.15) is 5.26 Å². The van der Waals surface area contributed by atoms with Crippen LogP contribution < -0.4 is 4.40 Å². The van der Waals surface area contributed by atoms with Crippen LogP contribution in [0.3, 0.4) is 0 Å². The number of aryl methyl sites for hydroxylation is 3. The van der Waals surface area contributed by atoms with Crippen molar-refractivity contribution in [3.8, 4) is 50.8 Å². The van der Waals surface area contributed by atoms with E-state index in [0.717, 1.165) is 9.96 Å². The molecule has 0 fully saturated rings. The van der Waals surface area contributed by atoms with Gasteiger partial charge in [0, 0.05) is 33.2 Å². The van der Waals surface area contributed by atoms with Crippen LogP contribution in [0.25, 0.3) is 66.7 Å². The molecule has 1 radical (unpaired) electrons. The van der Waals surface area contributed by atoms with Gasteiger partial charge in [0.2, 0.25) is 0 Å². The zero-order valence-electron chi connectivity index (χ0n) is 46.0. The Labute approximate surface area is 378 Å². The van der Waals surface area contributed by atoms with Crippen molar-refractivity contribution >= 4 is 39.6 Å². The van der Waals surface area contributed by atoms with E-state index in [-0.39, 0.29) is 76.8 Å². The molecule has 0 aliphatic rings. The molecule has 0 aliphatic carbocycles. The molecule has 3 heterocycles. The number of aromatic nitrogens is 2. The second-order valence-electron chi connectivity index (χ2n) is 15.8. The van der Waals surface area contributed by atoms with E-state index in [0.29, 0.717) is 44.3 Å². The SMILES string of the molecule is [2H]C([2H])([2H])c1c[c-]c(-c2ccc(C([2H])([2H])C(C)(C)C)cn2)cc1-c1ccccc1.[2H]c1c[c]([Ge]([CH3])([CH3])[CH3])cc(C([2H])([2H])[2H])c1-c1cc(-c2[c-]ccc3c2oc2c([2H])c(C#N)ccc23)ncc1C([2H])([2H])[2H].[Ir]. The molecule has 0 unspecified atom stereocenters. The minimum absolute atomic E-state index is 0. The van der Waals surface area contributed by atoms with Gasteiger partial charge in [0.1, 0.15) is 0 Å². The van der Waals surface area contributed by atoms with Crippen LogP contribution in [0.4, 0.5) is 0 Å². The first kappa shape index (κ1) is 28.3. The predicted octanol–water partition coefficient (Wildman–Crippen LogP) is 13.3. The van der Waals surface area contributed by atoms with Gasteiger partial charge in [0.15, 0.2) is 0 Å². The van der Waals surface area contributed by atoms with E-state index in [9.17, 15) is 5.26 Å². The average Bonchev–Trinajstić information content (AvgIpc) is 3.67. The molecule has 4 nitrogen and oxygen atoms in total. The Morgan fingerprint density at radius 3 is 2.28 bits per heavy atom. The number of nitrogens with zero attached hydrogens (tertiary/aromatic N) is 3. The summed E-state index contributed by atoms with van der Waals surface area (Å²) in [5.41, 5.74) is 4.12. The maximum atomic E-state index is 9.35. The van der Waals surface area contributed by atoms with Crippen LogP contribution in [0.2, 0.25) is 17.3 Å². The Morgan fingerprint density at radius 2 is 1.59 bits per heavy atom. The Kier molecular flexibility index (Phi) is 8.50. The topological polar surface area (TPSA) is 62.7 Å². The number of nitriles is 1. The standard InChI is InChI=1S/C29H25GeN2O.C23H24N.Ir/c1-18-13-21(30(3,4)5)10-12-22(18)26-15-27(32-17-19(26)2)25-8-6-7-24-23-11-9-20(16-31)14-28(23)33-29(24)25;1-17-10-12-20(14-21(17)19-8-6-5-7-9-19)22-13-11-18(16-24-22)15-23(2,3)4;/h6-7,9-15,17H,1-5H3;5-11,13-14,16H,15H2,1-4H3;/q2*-1;/i1D3,2D3,12D,14D;1D3,15D2;. The van der Waals surface area contributed by atoms with Crippen LogP contribution >= 0.6 is 0 Å². The molecule has 6 heteroatoms. The third kappa shape index (κ3) is 9.43. The first-order chi connectivity index (χ1) is 32.4. The van der Waals surface area contributed by atoms with Gasteiger partial charge in [0.25, 0.3) is 0 Å². The molecule has 8 aromatic rings. The van der Waals surface area contributed by atoms with Crippen LogP contribution in [0.1, 0.15) is 66.4 Å². The summed E-state index contributed by atoms with van der Waals surface area (Å²) in [6.07, 6.45) is 1.21. The van der Waals surface area contributed by atoms with E-state index < -0.39 is 45.6 Å². The van der Waals surface area contributed by atoms with Crippen LogP contribution in [0, 0.1) is 49.4 Å². The molecular weight excluding hydrogens is 947 g/mol. The molecule has 0 atom stereocenters. The minimum Gasteiger partial charge on any atom is 0 e. The summed E-state index contributed by atoms with van der Waals surface area (Å²) in [7, 11) is 0. The third-order valence-corrected chi connectivity index (χ3v) is 13.5. The zero-order chi connectivity index (χ0) is 51.5. The molecule has 0 amide bonds. The second kappa shape index (κ2) is 17.4. The van der Waals surface area contributed by atoms with E-state index in [1.807, 2.05) is 57.2 Å². The van der Waals surface area contributed by atoms with Crippen molar-refractivity contribution in [1.29, 1.82) is 5.26 Å². The third-order valence-electron chi connectivity index (χ3n) is 9.30. The van der Waals surface area contributed by atoms with E-state index in [2.05, 4.69) is 39.4 Å². The fraction of sp³-hybridized carbons (Fsp3) is 0.212. The summed E-state index contributed by atoms with van der Waals surface area (Å²) in [5, 5.41) is 10.6. The minimum atomic E-state index is -2.64. The summed E-state index contributed by atoms with van der Waals surface area (Å²) < 4.78 is 114. The Balaban J connectivity index is 0.000000243. The Morgan fingerprint density at radius 1 is 0.810 bits per heavy atom. The fourth-order valence-electron chi connectivity index (χ4n) is 6.43. The molecule has 0 saturated carbocycles. The van der Waals surface area contributed by atoms with Gasteiger partial charge in [-0.1, -0.05) is 75.7 Å². The van der Waals surface area contributed by atoms with Gasteiger partial charge in [-0.15, -0.1) is 29.3 Å². The first-order valence-corrected chi connectivity index (χ1v) is 25.8. The molecule has 8 rings (SSSR count). The second-order valence-corrected chi connectivity index (χ2v) is 26.5. The van der Waals surface area contributed by atoms with Crippen LogP contribution in [0.15, 0.2) is 126 Å². The molecular formula is C52H49GeIrN3O-2. The van der Waals surface area contributed by atoms with E-state index in [1.165, 1.54) is 18.3 Å². The van der Waals surface area contributed by atoms with Crippen molar-refractivity contribution in [1.82, 2.24) is 9.97 Å². The van der Waals surface area contributed by atoms with Crippen molar-refractivity contribution in [2.24, 2.45) is 5.41 Å². The van der Waals surface area contributed by atoms with Gasteiger partial charge in [-0.25, -0.2) is 0 Å². The summed E-state index contributed by atoms with van der Waals surface area (Å²) in [4.78, 5) is 8.86. The number of pyridine rings is 2. The molecule has 0 aliphatic heterocycles. The van der Waals surface area contributed by atoms with E-state index in [4.69, 9.17) is 22.2 Å². The summed E-state index contributed by atoms with van der Waals surface area (Å²) in [5.74, 6) is 6.30. The number of hydrogen-bond acceptors (Lipinski definition) is 4. The molecule has 58 heavy (non-hydrogen) atoms. The number of furan rings is 1. The van der Waals surface area contributed by atoms with Crippen molar-refractivity contribution in [3.63, 3.8) is 0 Å². The largest absolute Gasteiger partial charge is 0 e. The van der Waals surface area contributed by atoms with Crippen LogP contribution in [0.5, 0.6) is 0 Å². The molecule has 0 saturated heterocycles. The maximum absolute atomic E-state index is 9.35. The molecule has 0 bridgehead atoms. The van der Waals surface area contributed by atoms with Gasteiger partial charge in [0.05, 0.1) is 13.0 Å². The van der Waals surface area contributed by atoms with Crippen molar-refractivity contribution < 1.29 is 42.3 Å². The molecule has 293 valence electrons. The zero-order valence-corrected chi connectivity index (χ0v) is 37.5. The monoisotopic (exact) mass is 1010 g/mol. The van der Waals surface area contributed by atoms with E-state index in [1.54, 1.807) is 60.8 Å². The first-order valence-electron chi connectivity index (χ1n) is 25.0. The molecule has 0 N–H and O–H groups in total. The van der Waals surface area contributed by atoms with Gasteiger partial charge in [-0.3, -0.25) is 0 Å². The summed E-state index contributed by atoms with van der Waals surface area (Å²) in [6, 6.07) is 35.6. The molecule has 3 aromatic heterocycles. The quantitative estimate of drug-likeness (QED) is 0.123. The van der Waals surface area contributed by atoms with Crippen molar-refractivity contribution in [3.05, 3.63) is 161 Å². The van der Waals surface area contributed by atoms with Gasteiger partial charge >= 0.3 is 184 Å². The normalized spacial score (nSPS) is 15.6. The van der Waals surface area contributed by atoms with Crippen molar-refractivity contribution in [2.45, 2.75) is 65.0 Å². The number of hydrogen-bond donors (Lipinski definition) is 0. The Hall–Kier alpha value is -5.12. The predicted molar refractivity (Wildman–Crippen MR) is 240 cm³/mol. The number of fused-ring (bicyclic) bond motifs is 3. The van der Waals surface area contributed by atoms with Crippen LogP contribution in [-0.2, 0) is 26.5 Å². The van der Waals surface area contributed by atoms with Gasteiger partial charge in [-0.05, 0) is 34.7 Å². The van der Waals surface area contributed by atoms with Crippen molar-refractivity contribution in [2.75, 3.05) is 0 Å². The summed E-state index contributed by atoms with van der Waals surface area (Å²) >= 11 is -2.57. The smallest absolute Gasteiger partial charge is 0 e. The van der Waals surface area contributed by atoms with Crippen LogP contribution in [-0.4, -0.2) is 23.2 Å². The van der Waals surface area contributed by atoms with Gasteiger partial charge < -0.3 is 4.98 Å². The molecule has 0 spiro atoms. The molecule has 5 aromatic carbocycles. The Bertz CT molecular complexity index is 3310. The number of rotatable bonds is 6. The fourth-order valence-corrected chi connectivity index (χ4v) is 8.71. The average molecular weight is 1010 g/mol.